The quantitative estimate of drug-likeness (QED) is 0.878. The molecule has 0 unspecified atom stereocenters. The SMILES string of the molecule is Cc1ccc([C@@H](N)CCC(F)(F)F)c(C)c1.Cl. The van der Waals surface area contributed by atoms with Crippen LogP contribution in [-0.2, 0) is 0 Å². The first-order valence-electron chi connectivity index (χ1n) is 5.19. The minimum Gasteiger partial charge on any atom is -0.324 e. The molecule has 17 heavy (non-hydrogen) atoms. The van der Waals surface area contributed by atoms with Crippen LogP contribution >= 0.6 is 12.4 Å². The lowest BCUT2D eigenvalue weighted by Crippen LogP contribution is -2.16. The molecule has 1 aromatic carbocycles. The Labute approximate surface area is 106 Å². The van der Waals surface area contributed by atoms with Gasteiger partial charge in [0.05, 0.1) is 0 Å². The molecule has 0 heterocycles. The van der Waals surface area contributed by atoms with E-state index >= 15 is 0 Å². The lowest BCUT2D eigenvalue weighted by molar-refractivity contribution is -0.136. The molecule has 0 bridgehead atoms. The molecule has 1 atom stereocenters. The Bertz CT molecular complexity index is 363. The summed E-state index contributed by atoms with van der Waals surface area (Å²) in [5.74, 6) is 0. The summed E-state index contributed by atoms with van der Waals surface area (Å²) in [5.41, 5.74) is 8.59. The van der Waals surface area contributed by atoms with Gasteiger partial charge in [-0.25, -0.2) is 0 Å². The van der Waals surface area contributed by atoms with Crippen molar-refractivity contribution in [2.45, 2.75) is 38.9 Å². The van der Waals surface area contributed by atoms with Crippen LogP contribution < -0.4 is 5.73 Å². The molecule has 0 saturated carbocycles. The van der Waals surface area contributed by atoms with Gasteiger partial charge in [0.25, 0.3) is 0 Å². The molecule has 0 radical (unpaired) electrons. The maximum Gasteiger partial charge on any atom is 0.389 e. The molecule has 0 fully saturated rings. The highest BCUT2D eigenvalue weighted by Gasteiger charge is 2.28. The highest BCUT2D eigenvalue weighted by molar-refractivity contribution is 5.85. The fourth-order valence-corrected chi connectivity index (χ4v) is 1.72. The predicted molar refractivity (Wildman–Crippen MR) is 65.4 cm³/mol. The van der Waals surface area contributed by atoms with Crippen molar-refractivity contribution in [3.8, 4) is 0 Å². The summed E-state index contributed by atoms with van der Waals surface area (Å²) in [4.78, 5) is 0. The van der Waals surface area contributed by atoms with Crippen LogP contribution in [0.4, 0.5) is 13.2 Å². The van der Waals surface area contributed by atoms with Gasteiger partial charge in [-0.3, -0.25) is 0 Å². The average Bonchev–Trinajstić information content (AvgIpc) is 2.13. The van der Waals surface area contributed by atoms with E-state index in [1.165, 1.54) is 0 Å². The zero-order valence-electron chi connectivity index (χ0n) is 9.84. The van der Waals surface area contributed by atoms with Crippen LogP contribution in [0.3, 0.4) is 0 Å². The summed E-state index contributed by atoms with van der Waals surface area (Å²) in [5, 5.41) is 0. The molecule has 0 aliphatic heterocycles. The third-order valence-corrected chi connectivity index (χ3v) is 2.56. The van der Waals surface area contributed by atoms with Gasteiger partial charge >= 0.3 is 6.18 Å². The molecule has 0 amide bonds. The summed E-state index contributed by atoms with van der Waals surface area (Å²) in [6.45, 7) is 3.81. The second-order valence-electron chi connectivity index (χ2n) is 4.12. The molecule has 0 aromatic heterocycles. The van der Waals surface area contributed by atoms with Gasteiger partial charge in [0.2, 0.25) is 0 Å². The Morgan fingerprint density at radius 3 is 2.29 bits per heavy atom. The Hall–Kier alpha value is -0.740. The number of halogens is 4. The van der Waals surface area contributed by atoms with Crippen molar-refractivity contribution < 1.29 is 13.2 Å². The topological polar surface area (TPSA) is 26.0 Å². The van der Waals surface area contributed by atoms with Crippen molar-refractivity contribution in [3.63, 3.8) is 0 Å². The smallest absolute Gasteiger partial charge is 0.324 e. The Morgan fingerprint density at radius 2 is 1.82 bits per heavy atom. The Kier molecular flexibility index (Phi) is 5.99. The van der Waals surface area contributed by atoms with Crippen LogP contribution in [-0.4, -0.2) is 6.18 Å². The minimum atomic E-state index is -4.13. The van der Waals surface area contributed by atoms with Crippen LogP contribution in [0, 0.1) is 13.8 Å². The first-order valence-corrected chi connectivity index (χ1v) is 5.19. The summed E-state index contributed by atoms with van der Waals surface area (Å²) < 4.78 is 36.1. The standard InChI is InChI=1S/C12H16F3N.ClH/c1-8-3-4-10(9(2)7-8)11(16)5-6-12(13,14)15;/h3-4,7,11H,5-6,16H2,1-2H3;1H/t11-;/m0./s1. The summed E-state index contributed by atoms with van der Waals surface area (Å²) >= 11 is 0. The van der Waals surface area contributed by atoms with E-state index in [4.69, 9.17) is 5.73 Å². The molecule has 0 saturated heterocycles. The van der Waals surface area contributed by atoms with Crippen LogP contribution in [0.5, 0.6) is 0 Å². The van der Waals surface area contributed by atoms with Crippen molar-refractivity contribution in [1.82, 2.24) is 0 Å². The van der Waals surface area contributed by atoms with Crippen LogP contribution in [0.25, 0.3) is 0 Å². The highest BCUT2D eigenvalue weighted by Crippen LogP contribution is 2.27. The number of nitrogens with two attached hydrogens (primary N) is 1. The molecule has 98 valence electrons. The van der Waals surface area contributed by atoms with E-state index in [0.717, 1.165) is 16.7 Å². The lowest BCUT2D eigenvalue weighted by atomic mass is 9.97. The van der Waals surface area contributed by atoms with Gasteiger partial charge in [0, 0.05) is 12.5 Å². The second-order valence-corrected chi connectivity index (χ2v) is 4.12. The number of aryl methyl sites for hydroxylation is 2. The zero-order chi connectivity index (χ0) is 12.3. The monoisotopic (exact) mass is 267 g/mol. The highest BCUT2D eigenvalue weighted by atomic mass is 35.5. The van der Waals surface area contributed by atoms with Crippen LogP contribution in [0.1, 0.15) is 35.6 Å². The second kappa shape index (κ2) is 6.26. The lowest BCUT2D eigenvalue weighted by Gasteiger charge is -2.16. The van der Waals surface area contributed by atoms with Crippen LogP contribution in [0.15, 0.2) is 18.2 Å². The van der Waals surface area contributed by atoms with E-state index in [0.29, 0.717) is 0 Å². The fraction of sp³-hybridized carbons (Fsp3) is 0.500. The van der Waals surface area contributed by atoms with Gasteiger partial charge in [0.15, 0.2) is 0 Å². The van der Waals surface area contributed by atoms with Crippen LogP contribution in [0.2, 0.25) is 0 Å². The van der Waals surface area contributed by atoms with Crippen molar-refractivity contribution in [2.24, 2.45) is 5.73 Å². The number of hydrogen-bond donors (Lipinski definition) is 1. The number of benzene rings is 1. The van der Waals surface area contributed by atoms with E-state index in [1.807, 2.05) is 32.0 Å². The van der Waals surface area contributed by atoms with Crippen molar-refractivity contribution in [2.75, 3.05) is 0 Å². The van der Waals surface area contributed by atoms with Crippen molar-refractivity contribution >= 4 is 12.4 Å². The third-order valence-electron chi connectivity index (χ3n) is 2.56. The van der Waals surface area contributed by atoms with Gasteiger partial charge in [-0.05, 0) is 31.4 Å². The van der Waals surface area contributed by atoms with Crippen molar-refractivity contribution in [1.29, 1.82) is 0 Å². The van der Waals surface area contributed by atoms with Gasteiger partial charge < -0.3 is 5.73 Å². The predicted octanol–water partition coefficient (Wildman–Crippen LogP) is 4.07. The van der Waals surface area contributed by atoms with E-state index in [1.54, 1.807) is 0 Å². The summed E-state index contributed by atoms with van der Waals surface area (Å²) in [7, 11) is 0. The minimum absolute atomic E-state index is 0. The molecule has 0 aliphatic carbocycles. The number of alkyl halides is 3. The Balaban J connectivity index is 0.00000256. The summed E-state index contributed by atoms with van der Waals surface area (Å²) in [6, 6.07) is 5.08. The number of hydrogen-bond acceptors (Lipinski definition) is 1. The average molecular weight is 268 g/mol. The van der Waals surface area contributed by atoms with E-state index in [-0.39, 0.29) is 18.8 Å². The van der Waals surface area contributed by atoms with Gasteiger partial charge in [-0.15, -0.1) is 12.4 Å². The van der Waals surface area contributed by atoms with E-state index < -0.39 is 18.6 Å². The van der Waals surface area contributed by atoms with Gasteiger partial charge in [-0.1, -0.05) is 23.8 Å². The maximum atomic E-state index is 12.0. The van der Waals surface area contributed by atoms with Gasteiger partial charge in [0.1, 0.15) is 0 Å². The summed E-state index contributed by atoms with van der Waals surface area (Å²) in [6.07, 6.45) is -5.02. The molecule has 0 aliphatic rings. The van der Waals surface area contributed by atoms with E-state index in [2.05, 4.69) is 0 Å². The molecule has 1 rings (SSSR count). The largest absolute Gasteiger partial charge is 0.389 e. The van der Waals surface area contributed by atoms with E-state index in [9.17, 15) is 13.2 Å². The first-order chi connectivity index (χ1) is 7.29. The zero-order valence-corrected chi connectivity index (χ0v) is 10.7. The molecule has 0 spiro atoms. The maximum absolute atomic E-state index is 12.0. The molecule has 5 heteroatoms. The third kappa shape index (κ3) is 5.41. The molecule has 1 aromatic rings. The molecular weight excluding hydrogens is 251 g/mol. The van der Waals surface area contributed by atoms with Crippen molar-refractivity contribution in [3.05, 3.63) is 34.9 Å². The fourth-order valence-electron chi connectivity index (χ4n) is 1.72. The normalized spacial score (nSPS) is 13.1. The van der Waals surface area contributed by atoms with Gasteiger partial charge in [-0.2, -0.15) is 13.2 Å². The Morgan fingerprint density at radius 1 is 1.24 bits per heavy atom. The first kappa shape index (κ1) is 16.3. The molecular formula is C12H17ClF3N. The molecule has 2 N–H and O–H groups in total. The number of rotatable bonds is 3. The molecule has 1 nitrogen and oxygen atoms in total.